The number of benzene rings is 2. The molecule has 5 rings (SSSR count). The van der Waals surface area contributed by atoms with Crippen molar-refractivity contribution in [3.63, 3.8) is 0 Å². The number of hydrogen-bond donors (Lipinski definition) is 1. The Kier molecular flexibility index (Phi) is 8.23. The molecule has 0 radical (unpaired) electrons. The maximum Gasteiger partial charge on any atom is 0.433 e. The maximum absolute atomic E-state index is 13.3. The van der Waals surface area contributed by atoms with Gasteiger partial charge in [0.25, 0.3) is 0 Å². The smallest absolute Gasteiger partial charge is 0.374 e. The zero-order valence-corrected chi connectivity index (χ0v) is 23.5. The van der Waals surface area contributed by atoms with Crippen LogP contribution in [0.4, 0.5) is 18.9 Å². The Morgan fingerprint density at radius 2 is 1.74 bits per heavy atom. The van der Waals surface area contributed by atoms with Crippen LogP contribution in [0, 0.1) is 11.3 Å². The minimum absolute atomic E-state index is 0.0219. The molecule has 1 N–H and O–H groups in total. The molecule has 11 heteroatoms. The Morgan fingerprint density at radius 3 is 2.35 bits per heavy atom. The number of pyridine rings is 1. The average molecular weight is 584 g/mol. The summed E-state index contributed by atoms with van der Waals surface area (Å²) < 4.78 is 43.2. The summed E-state index contributed by atoms with van der Waals surface area (Å²) in [4.78, 5) is 17.1. The van der Waals surface area contributed by atoms with Gasteiger partial charge in [0.15, 0.2) is 11.4 Å². The van der Waals surface area contributed by atoms with E-state index in [0.717, 1.165) is 30.0 Å². The standard InChI is InChI=1S/C32H28F3N7O/c1-41-17-16-38-30(41)27(11-8-22-6-4-3-5-7-22)40-26-12-9-24(18-23(26)14-15-36)31(43,29-20-37-21-42(29)2)25-10-13-28(39-19-25)32(33,34)35/h3-7,9-10,12-13,16-21,43H,8,11,14H2,1-2H3. The molecule has 1 unspecified atom stereocenters. The summed E-state index contributed by atoms with van der Waals surface area (Å²) in [7, 11) is 3.55. The third-order valence-corrected chi connectivity index (χ3v) is 7.25. The van der Waals surface area contributed by atoms with E-state index in [1.165, 1.54) is 18.6 Å². The Labute approximate surface area is 246 Å². The molecule has 5 aromatic rings. The summed E-state index contributed by atoms with van der Waals surface area (Å²) in [5, 5.41) is 21.9. The molecule has 0 fully saturated rings. The van der Waals surface area contributed by atoms with Crippen molar-refractivity contribution in [3.8, 4) is 6.07 Å². The number of nitriles is 1. The number of aliphatic imine (C=N–C) groups is 1. The Morgan fingerprint density at radius 1 is 0.977 bits per heavy atom. The highest BCUT2D eigenvalue weighted by Crippen LogP contribution is 2.39. The number of imidazole rings is 2. The topological polar surface area (TPSA) is 105 Å². The van der Waals surface area contributed by atoms with Gasteiger partial charge in [-0.15, -0.1) is 0 Å². The minimum Gasteiger partial charge on any atom is -0.374 e. The van der Waals surface area contributed by atoms with Crippen molar-refractivity contribution in [2.75, 3.05) is 0 Å². The Bertz CT molecular complexity index is 1780. The third kappa shape index (κ3) is 6.10. The van der Waals surface area contributed by atoms with Gasteiger partial charge in [-0.3, -0.25) is 4.98 Å². The normalized spacial score (nSPS) is 13.5. The van der Waals surface area contributed by atoms with E-state index in [4.69, 9.17) is 4.99 Å². The van der Waals surface area contributed by atoms with Crippen LogP contribution in [0.15, 0.2) is 96.8 Å². The molecule has 2 aromatic carbocycles. The molecule has 0 aliphatic carbocycles. The first-order valence-corrected chi connectivity index (χ1v) is 13.4. The van der Waals surface area contributed by atoms with Crippen LogP contribution in [-0.4, -0.2) is 34.9 Å². The number of rotatable bonds is 9. The molecule has 0 spiro atoms. The van der Waals surface area contributed by atoms with Gasteiger partial charge in [-0.2, -0.15) is 18.4 Å². The number of aliphatic hydroxyl groups is 1. The maximum atomic E-state index is 13.3. The van der Waals surface area contributed by atoms with Crippen molar-refractivity contribution < 1.29 is 18.3 Å². The predicted octanol–water partition coefficient (Wildman–Crippen LogP) is 5.67. The molecule has 218 valence electrons. The van der Waals surface area contributed by atoms with E-state index in [2.05, 4.69) is 21.0 Å². The predicted molar refractivity (Wildman–Crippen MR) is 154 cm³/mol. The number of alkyl halides is 3. The lowest BCUT2D eigenvalue weighted by atomic mass is 9.83. The van der Waals surface area contributed by atoms with Crippen LogP contribution in [0.25, 0.3) is 0 Å². The Balaban J connectivity index is 1.61. The van der Waals surface area contributed by atoms with Crippen LogP contribution in [0.1, 0.15) is 45.9 Å². The molecule has 3 heterocycles. The van der Waals surface area contributed by atoms with E-state index in [1.54, 1.807) is 36.0 Å². The molecule has 8 nitrogen and oxygen atoms in total. The summed E-state index contributed by atoms with van der Waals surface area (Å²) in [6.45, 7) is 0. The summed E-state index contributed by atoms with van der Waals surface area (Å²) >= 11 is 0. The first kappa shape index (κ1) is 29.4. The highest BCUT2D eigenvalue weighted by molar-refractivity contribution is 5.99. The van der Waals surface area contributed by atoms with E-state index in [9.17, 15) is 23.5 Å². The zero-order valence-electron chi connectivity index (χ0n) is 23.5. The second-order valence-corrected chi connectivity index (χ2v) is 10.1. The van der Waals surface area contributed by atoms with Gasteiger partial charge in [0.1, 0.15) is 5.69 Å². The fraction of sp³-hybridized carbons (Fsp3) is 0.219. The fourth-order valence-corrected chi connectivity index (χ4v) is 5.00. The van der Waals surface area contributed by atoms with Gasteiger partial charge < -0.3 is 14.2 Å². The highest BCUT2D eigenvalue weighted by atomic mass is 19.4. The van der Waals surface area contributed by atoms with Crippen LogP contribution in [0.5, 0.6) is 0 Å². The molecule has 3 aromatic heterocycles. The molecule has 0 amide bonds. The molecule has 0 saturated heterocycles. The van der Waals surface area contributed by atoms with Gasteiger partial charge in [0.05, 0.1) is 42.1 Å². The van der Waals surface area contributed by atoms with Gasteiger partial charge in [-0.1, -0.05) is 42.5 Å². The quantitative estimate of drug-likeness (QED) is 0.225. The largest absolute Gasteiger partial charge is 0.433 e. The first-order valence-electron chi connectivity index (χ1n) is 13.4. The highest BCUT2D eigenvalue weighted by Gasteiger charge is 2.39. The zero-order chi connectivity index (χ0) is 30.6. The second kappa shape index (κ2) is 12.0. The van der Waals surface area contributed by atoms with Gasteiger partial charge in [-0.25, -0.2) is 15.0 Å². The van der Waals surface area contributed by atoms with Gasteiger partial charge in [-0.05, 0) is 47.7 Å². The van der Waals surface area contributed by atoms with E-state index in [1.807, 2.05) is 48.1 Å². The van der Waals surface area contributed by atoms with Crippen molar-refractivity contribution in [2.45, 2.75) is 31.0 Å². The lowest BCUT2D eigenvalue weighted by Crippen LogP contribution is -2.31. The molecule has 0 saturated carbocycles. The summed E-state index contributed by atoms with van der Waals surface area (Å²) in [5.41, 5.74) is 0.664. The molecular weight excluding hydrogens is 555 g/mol. The van der Waals surface area contributed by atoms with Crippen LogP contribution in [0.2, 0.25) is 0 Å². The number of aryl methyl sites for hydroxylation is 3. The van der Waals surface area contributed by atoms with E-state index < -0.39 is 17.5 Å². The van der Waals surface area contributed by atoms with Gasteiger partial charge >= 0.3 is 6.18 Å². The molecule has 1 atom stereocenters. The fourth-order valence-electron chi connectivity index (χ4n) is 5.00. The molecular formula is C32H28F3N7O. The van der Waals surface area contributed by atoms with Crippen LogP contribution in [-0.2, 0) is 38.7 Å². The summed E-state index contributed by atoms with van der Waals surface area (Å²) in [5.74, 6) is 0.685. The number of aromatic nitrogens is 5. The van der Waals surface area contributed by atoms with E-state index in [0.29, 0.717) is 34.8 Å². The third-order valence-electron chi connectivity index (χ3n) is 7.25. The summed E-state index contributed by atoms with van der Waals surface area (Å²) in [6.07, 6.45) is 4.11. The molecule has 43 heavy (non-hydrogen) atoms. The van der Waals surface area contributed by atoms with E-state index in [-0.39, 0.29) is 12.0 Å². The SMILES string of the molecule is Cn1cncc1C(O)(c1ccc(C(F)(F)F)nc1)c1ccc(N=C(CCc2ccccc2)c2nccn2C)c(CC#N)c1. The van der Waals surface area contributed by atoms with Gasteiger partial charge in [0.2, 0.25) is 0 Å². The molecule has 0 aliphatic heterocycles. The second-order valence-electron chi connectivity index (χ2n) is 10.1. The number of halogens is 3. The molecule has 0 bridgehead atoms. The van der Waals surface area contributed by atoms with Crippen LogP contribution < -0.4 is 0 Å². The number of hydrogen-bond acceptors (Lipinski definition) is 6. The van der Waals surface area contributed by atoms with Crippen molar-refractivity contribution in [1.29, 1.82) is 5.26 Å². The van der Waals surface area contributed by atoms with Gasteiger partial charge in [0, 0.05) is 38.2 Å². The first-order chi connectivity index (χ1) is 20.6. The Hall–Kier alpha value is -5.08. The van der Waals surface area contributed by atoms with Crippen molar-refractivity contribution in [1.82, 2.24) is 24.1 Å². The van der Waals surface area contributed by atoms with Crippen molar-refractivity contribution in [2.24, 2.45) is 19.1 Å². The monoisotopic (exact) mass is 583 g/mol. The molecule has 0 aliphatic rings. The lowest BCUT2D eigenvalue weighted by Gasteiger charge is -2.30. The van der Waals surface area contributed by atoms with Crippen molar-refractivity contribution >= 4 is 11.4 Å². The van der Waals surface area contributed by atoms with E-state index >= 15 is 0 Å². The summed E-state index contributed by atoms with van der Waals surface area (Å²) in [6, 6.07) is 19.2. The van der Waals surface area contributed by atoms with Crippen LogP contribution >= 0.6 is 0 Å². The minimum atomic E-state index is -4.63. The van der Waals surface area contributed by atoms with Crippen LogP contribution in [0.3, 0.4) is 0 Å². The lowest BCUT2D eigenvalue weighted by molar-refractivity contribution is -0.141. The van der Waals surface area contributed by atoms with Crippen molar-refractivity contribution in [3.05, 3.63) is 131 Å². The number of nitrogens with zero attached hydrogens (tertiary/aromatic N) is 7. The average Bonchev–Trinajstić information content (AvgIpc) is 3.63.